The van der Waals surface area contributed by atoms with E-state index < -0.39 is 0 Å². The highest BCUT2D eigenvalue weighted by Crippen LogP contribution is 2.23. The number of benzene rings is 2. The van der Waals surface area contributed by atoms with Crippen LogP contribution in [0.25, 0.3) is 10.8 Å². The quantitative estimate of drug-likeness (QED) is 0.468. The fourth-order valence-corrected chi connectivity index (χ4v) is 2.43. The first-order chi connectivity index (χ1) is 11.3. The number of rotatable bonds is 7. The molecule has 118 valence electrons. The number of carbonyl (C=O) groups is 1. The van der Waals surface area contributed by atoms with Crippen LogP contribution < -0.4 is 10.6 Å². The number of amides is 1. The molecule has 0 aliphatic rings. The summed E-state index contributed by atoms with van der Waals surface area (Å²) in [6, 6.07) is 15.1. The SMILES string of the molecule is C[C@@H](NC/C=C/C#CCCNC=O)c1cccc2ccccc12. The summed E-state index contributed by atoms with van der Waals surface area (Å²) in [6.07, 6.45) is 5.23. The molecule has 0 aromatic heterocycles. The molecule has 0 saturated heterocycles. The van der Waals surface area contributed by atoms with Gasteiger partial charge in [0.15, 0.2) is 0 Å². The molecular weight excluding hydrogens is 284 g/mol. The fraction of sp³-hybridized carbons (Fsp3) is 0.250. The first-order valence-electron chi connectivity index (χ1n) is 7.84. The average molecular weight is 306 g/mol. The Balaban J connectivity index is 1.85. The van der Waals surface area contributed by atoms with E-state index >= 15 is 0 Å². The van der Waals surface area contributed by atoms with Gasteiger partial charge in [-0.1, -0.05) is 60.4 Å². The van der Waals surface area contributed by atoms with Crippen LogP contribution in [-0.4, -0.2) is 19.5 Å². The van der Waals surface area contributed by atoms with E-state index in [2.05, 4.69) is 71.9 Å². The predicted molar refractivity (Wildman–Crippen MR) is 96.0 cm³/mol. The second-order valence-corrected chi connectivity index (χ2v) is 5.24. The van der Waals surface area contributed by atoms with Gasteiger partial charge in [-0.2, -0.15) is 0 Å². The van der Waals surface area contributed by atoms with Gasteiger partial charge in [0, 0.05) is 25.6 Å². The maximum absolute atomic E-state index is 10.1. The minimum absolute atomic E-state index is 0.274. The van der Waals surface area contributed by atoms with Crippen molar-refractivity contribution in [2.45, 2.75) is 19.4 Å². The minimum Gasteiger partial charge on any atom is -0.358 e. The number of nitrogens with one attached hydrogen (secondary N) is 2. The third-order valence-electron chi connectivity index (χ3n) is 3.61. The van der Waals surface area contributed by atoms with Crippen LogP contribution >= 0.6 is 0 Å². The Labute approximate surface area is 137 Å². The van der Waals surface area contributed by atoms with E-state index in [-0.39, 0.29) is 6.04 Å². The van der Waals surface area contributed by atoms with Crippen molar-refractivity contribution in [3.8, 4) is 11.8 Å². The Kier molecular flexibility index (Phi) is 6.90. The third-order valence-corrected chi connectivity index (χ3v) is 3.61. The molecule has 0 heterocycles. The lowest BCUT2D eigenvalue weighted by Gasteiger charge is -2.15. The van der Waals surface area contributed by atoms with Crippen molar-refractivity contribution in [2.75, 3.05) is 13.1 Å². The molecule has 2 N–H and O–H groups in total. The molecular formula is C20H22N2O. The van der Waals surface area contributed by atoms with Crippen molar-refractivity contribution < 1.29 is 4.79 Å². The number of allylic oxidation sites excluding steroid dienone is 1. The zero-order valence-corrected chi connectivity index (χ0v) is 13.4. The van der Waals surface area contributed by atoms with Gasteiger partial charge in [-0.3, -0.25) is 4.79 Å². The molecule has 23 heavy (non-hydrogen) atoms. The van der Waals surface area contributed by atoms with Gasteiger partial charge in [0.2, 0.25) is 6.41 Å². The van der Waals surface area contributed by atoms with Gasteiger partial charge in [0.1, 0.15) is 0 Å². The highest BCUT2D eigenvalue weighted by Gasteiger charge is 2.07. The van der Waals surface area contributed by atoms with Crippen molar-refractivity contribution in [1.29, 1.82) is 0 Å². The number of fused-ring (bicyclic) bond motifs is 1. The second kappa shape index (κ2) is 9.45. The van der Waals surface area contributed by atoms with Gasteiger partial charge < -0.3 is 10.6 Å². The van der Waals surface area contributed by atoms with Crippen LogP contribution in [-0.2, 0) is 4.79 Å². The summed E-state index contributed by atoms with van der Waals surface area (Å²) in [6.45, 7) is 3.54. The number of hydrogen-bond donors (Lipinski definition) is 2. The fourth-order valence-electron chi connectivity index (χ4n) is 2.43. The van der Waals surface area contributed by atoms with Gasteiger partial charge in [0.05, 0.1) is 0 Å². The largest absolute Gasteiger partial charge is 0.358 e. The van der Waals surface area contributed by atoms with Gasteiger partial charge in [0.25, 0.3) is 0 Å². The monoisotopic (exact) mass is 306 g/mol. The Hall–Kier alpha value is -2.57. The maximum Gasteiger partial charge on any atom is 0.207 e. The van der Waals surface area contributed by atoms with Crippen LogP contribution in [0.3, 0.4) is 0 Å². The zero-order chi connectivity index (χ0) is 16.3. The van der Waals surface area contributed by atoms with Gasteiger partial charge in [-0.15, -0.1) is 0 Å². The van der Waals surface area contributed by atoms with Crippen LogP contribution in [0.5, 0.6) is 0 Å². The summed E-state index contributed by atoms with van der Waals surface area (Å²) in [5.74, 6) is 5.94. The molecule has 1 amide bonds. The van der Waals surface area contributed by atoms with E-state index in [1.54, 1.807) is 0 Å². The van der Waals surface area contributed by atoms with Crippen LogP contribution in [0.4, 0.5) is 0 Å². The van der Waals surface area contributed by atoms with E-state index in [1.807, 2.05) is 12.2 Å². The lowest BCUT2D eigenvalue weighted by molar-refractivity contribution is -0.109. The molecule has 0 radical (unpaired) electrons. The summed E-state index contributed by atoms with van der Waals surface area (Å²) < 4.78 is 0. The molecule has 0 unspecified atom stereocenters. The summed E-state index contributed by atoms with van der Waals surface area (Å²) in [5.41, 5.74) is 1.31. The highest BCUT2D eigenvalue weighted by molar-refractivity contribution is 5.86. The van der Waals surface area contributed by atoms with Crippen LogP contribution in [0.2, 0.25) is 0 Å². The summed E-state index contributed by atoms with van der Waals surface area (Å²) in [5, 5.41) is 8.63. The van der Waals surface area contributed by atoms with Crippen LogP contribution in [0, 0.1) is 11.8 Å². The molecule has 1 atom stereocenters. The van der Waals surface area contributed by atoms with Gasteiger partial charge in [-0.25, -0.2) is 0 Å². The van der Waals surface area contributed by atoms with E-state index in [0.717, 1.165) is 6.54 Å². The van der Waals surface area contributed by atoms with Crippen LogP contribution in [0.1, 0.15) is 24.9 Å². The van der Waals surface area contributed by atoms with Crippen LogP contribution in [0.15, 0.2) is 54.6 Å². The normalized spacial score (nSPS) is 11.9. The first-order valence-corrected chi connectivity index (χ1v) is 7.84. The Morgan fingerprint density at radius 3 is 2.87 bits per heavy atom. The minimum atomic E-state index is 0.274. The topological polar surface area (TPSA) is 41.1 Å². The van der Waals surface area contributed by atoms with Crippen molar-refractivity contribution in [3.63, 3.8) is 0 Å². The molecule has 0 saturated carbocycles. The van der Waals surface area contributed by atoms with Crippen molar-refractivity contribution in [1.82, 2.24) is 10.6 Å². The number of hydrogen-bond acceptors (Lipinski definition) is 2. The molecule has 0 bridgehead atoms. The number of carbonyl (C=O) groups excluding carboxylic acids is 1. The molecule has 2 rings (SSSR count). The van der Waals surface area contributed by atoms with E-state index in [1.165, 1.54) is 16.3 Å². The molecule has 0 spiro atoms. The predicted octanol–water partition coefficient (Wildman–Crippen LogP) is 3.19. The highest BCUT2D eigenvalue weighted by atomic mass is 16.1. The molecule has 3 heteroatoms. The van der Waals surface area contributed by atoms with Gasteiger partial charge in [-0.05, 0) is 29.3 Å². The average Bonchev–Trinajstić information content (AvgIpc) is 2.59. The molecule has 0 aliphatic carbocycles. The van der Waals surface area contributed by atoms with Crippen molar-refractivity contribution >= 4 is 17.2 Å². The third kappa shape index (κ3) is 5.28. The molecule has 0 fully saturated rings. The smallest absolute Gasteiger partial charge is 0.207 e. The Bertz CT molecular complexity index is 720. The van der Waals surface area contributed by atoms with Crippen molar-refractivity contribution in [3.05, 3.63) is 60.2 Å². The lowest BCUT2D eigenvalue weighted by atomic mass is 10.00. The second-order valence-electron chi connectivity index (χ2n) is 5.24. The summed E-state index contributed by atoms with van der Waals surface area (Å²) in [7, 11) is 0. The standard InChI is InChI=1S/C20H22N2O/c1-17(22-15-8-4-2-3-7-14-21-16-23)19-13-9-11-18-10-5-6-12-20(18)19/h4-6,8-13,16-17,22H,7,14-15H2,1H3,(H,21,23)/b8-4+/t17-/m1/s1. The first kappa shape index (κ1) is 16.8. The van der Waals surface area contributed by atoms with E-state index in [9.17, 15) is 4.79 Å². The molecule has 2 aromatic rings. The Morgan fingerprint density at radius 1 is 1.17 bits per heavy atom. The lowest BCUT2D eigenvalue weighted by Crippen LogP contribution is -2.18. The van der Waals surface area contributed by atoms with E-state index in [4.69, 9.17) is 0 Å². The molecule has 3 nitrogen and oxygen atoms in total. The maximum atomic E-state index is 10.1. The zero-order valence-electron chi connectivity index (χ0n) is 13.4. The molecule has 2 aromatic carbocycles. The summed E-state index contributed by atoms with van der Waals surface area (Å²) >= 11 is 0. The van der Waals surface area contributed by atoms with Gasteiger partial charge >= 0.3 is 0 Å². The Morgan fingerprint density at radius 2 is 2.00 bits per heavy atom. The van der Waals surface area contributed by atoms with E-state index in [0.29, 0.717) is 19.4 Å². The summed E-state index contributed by atoms with van der Waals surface area (Å²) in [4.78, 5) is 10.1. The molecule has 0 aliphatic heterocycles. The van der Waals surface area contributed by atoms with Crippen molar-refractivity contribution in [2.24, 2.45) is 0 Å².